The molecule has 1 heterocycles. The fraction of sp³-hybridized carbons (Fsp3) is 0.357. The van der Waals surface area contributed by atoms with Crippen molar-refractivity contribution in [2.45, 2.75) is 19.9 Å². The fourth-order valence-corrected chi connectivity index (χ4v) is 2.51. The van der Waals surface area contributed by atoms with Crippen LogP contribution in [0.2, 0.25) is 0 Å². The highest BCUT2D eigenvalue weighted by atomic mass is 16.4. The summed E-state index contributed by atoms with van der Waals surface area (Å²) in [5.74, 6) is -0.904. The molecular formula is C14H19N3O2. The first kappa shape index (κ1) is 13.6. The molecule has 0 unspecified atom stereocenters. The van der Waals surface area contributed by atoms with E-state index in [1.54, 1.807) is 0 Å². The van der Waals surface area contributed by atoms with Crippen molar-refractivity contribution in [3.8, 4) is 0 Å². The van der Waals surface area contributed by atoms with Gasteiger partial charge in [-0.05, 0) is 31.0 Å². The Hall–Kier alpha value is -1.85. The van der Waals surface area contributed by atoms with Gasteiger partial charge in [0.2, 0.25) is 0 Å². The number of hydrogen-bond acceptors (Lipinski definition) is 3. The van der Waals surface area contributed by atoms with Crippen LogP contribution in [0.5, 0.6) is 0 Å². The Kier molecular flexibility index (Phi) is 3.87. The lowest BCUT2D eigenvalue weighted by atomic mass is 10.0. The lowest BCUT2D eigenvalue weighted by Gasteiger charge is -2.08. The zero-order valence-electron chi connectivity index (χ0n) is 11.0. The molecule has 19 heavy (non-hydrogen) atoms. The van der Waals surface area contributed by atoms with Gasteiger partial charge in [-0.2, -0.15) is 0 Å². The molecular weight excluding hydrogens is 242 g/mol. The van der Waals surface area contributed by atoms with Crippen LogP contribution in [0.3, 0.4) is 0 Å². The van der Waals surface area contributed by atoms with E-state index in [0.29, 0.717) is 25.2 Å². The number of rotatable bonds is 5. The highest BCUT2D eigenvalue weighted by Crippen LogP contribution is 2.27. The minimum atomic E-state index is -0.904. The van der Waals surface area contributed by atoms with Crippen molar-refractivity contribution in [1.82, 2.24) is 4.57 Å². The van der Waals surface area contributed by atoms with Gasteiger partial charge in [0.1, 0.15) is 0 Å². The highest BCUT2D eigenvalue weighted by molar-refractivity contribution is 6.04. The van der Waals surface area contributed by atoms with E-state index in [1.807, 2.05) is 29.8 Å². The van der Waals surface area contributed by atoms with E-state index in [9.17, 15) is 9.90 Å². The van der Waals surface area contributed by atoms with E-state index in [1.165, 1.54) is 0 Å². The third-order valence-corrected chi connectivity index (χ3v) is 3.33. The third-order valence-electron chi connectivity index (χ3n) is 3.33. The maximum absolute atomic E-state index is 11.5. The van der Waals surface area contributed by atoms with Crippen molar-refractivity contribution in [1.29, 1.82) is 0 Å². The summed E-state index contributed by atoms with van der Waals surface area (Å²) >= 11 is 0. The summed E-state index contributed by atoms with van der Waals surface area (Å²) in [6, 6.07) is 3.81. The predicted molar refractivity (Wildman–Crippen MR) is 75.4 cm³/mol. The Morgan fingerprint density at radius 1 is 1.32 bits per heavy atom. The molecule has 1 aromatic heterocycles. The first-order chi connectivity index (χ1) is 9.10. The second-order valence-corrected chi connectivity index (χ2v) is 4.63. The summed E-state index contributed by atoms with van der Waals surface area (Å²) < 4.78 is 1.93. The number of aromatic nitrogens is 1. The molecule has 0 aliphatic carbocycles. The van der Waals surface area contributed by atoms with Gasteiger partial charge < -0.3 is 21.1 Å². The quantitative estimate of drug-likeness (QED) is 0.751. The molecule has 0 saturated carbocycles. The number of carboxylic acid groups (broad SMARTS) is 1. The second-order valence-electron chi connectivity index (χ2n) is 4.63. The van der Waals surface area contributed by atoms with Gasteiger partial charge in [-0.1, -0.05) is 12.1 Å². The summed E-state index contributed by atoms with van der Waals surface area (Å²) in [6.45, 7) is 3.42. The van der Waals surface area contributed by atoms with Gasteiger partial charge in [-0.25, -0.2) is 4.79 Å². The average molecular weight is 261 g/mol. The molecule has 0 fully saturated rings. The van der Waals surface area contributed by atoms with Crippen LogP contribution in [-0.4, -0.2) is 28.7 Å². The molecule has 2 aromatic rings. The second kappa shape index (κ2) is 5.42. The summed E-state index contributed by atoms with van der Waals surface area (Å²) in [4.78, 5) is 11.5. The fourth-order valence-electron chi connectivity index (χ4n) is 2.51. The number of carbonyl (C=O) groups is 1. The summed E-state index contributed by atoms with van der Waals surface area (Å²) in [5.41, 5.74) is 14.2. The topological polar surface area (TPSA) is 94.3 Å². The van der Waals surface area contributed by atoms with Gasteiger partial charge in [0.05, 0.1) is 11.1 Å². The zero-order chi connectivity index (χ0) is 14.0. The first-order valence-corrected chi connectivity index (χ1v) is 6.35. The molecule has 5 N–H and O–H groups in total. The Morgan fingerprint density at radius 2 is 2.05 bits per heavy atom. The van der Waals surface area contributed by atoms with Gasteiger partial charge in [0.15, 0.2) is 0 Å². The van der Waals surface area contributed by atoms with Crippen LogP contribution < -0.4 is 11.5 Å². The van der Waals surface area contributed by atoms with Crippen molar-refractivity contribution in [2.24, 2.45) is 11.5 Å². The van der Waals surface area contributed by atoms with E-state index in [4.69, 9.17) is 11.5 Å². The van der Waals surface area contributed by atoms with Crippen LogP contribution in [0, 0.1) is 6.92 Å². The summed E-state index contributed by atoms with van der Waals surface area (Å²) in [7, 11) is 0. The van der Waals surface area contributed by atoms with Crippen molar-refractivity contribution in [3.63, 3.8) is 0 Å². The van der Waals surface area contributed by atoms with Crippen LogP contribution >= 0.6 is 0 Å². The van der Waals surface area contributed by atoms with Crippen molar-refractivity contribution in [3.05, 3.63) is 35.0 Å². The van der Waals surface area contributed by atoms with Crippen LogP contribution in [-0.2, 0) is 13.0 Å². The van der Waals surface area contributed by atoms with Crippen LogP contribution in [0.25, 0.3) is 10.9 Å². The van der Waals surface area contributed by atoms with Gasteiger partial charge >= 0.3 is 5.97 Å². The number of aromatic carboxylic acids is 1. The predicted octanol–water partition coefficient (Wildman–Crippen LogP) is 1.11. The normalized spacial score (nSPS) is 11.1. The van der Waals surface area contributed by atoms with E-state index in [2.05, 4.69) is 0 Å². The molecule has 0 saturated heterocycles. The molecule has 102 valence electrons. The molecule has 5 heteroatoms. The zero-order valence-corrected chi connectivity index (χ0v) is 11.0. The smallest absolute Gasteiger partial charge is 0.338 e. The molecule has 0 radical (unpaired) electrons. The van der Waals surface area contributed by atoms with Crippen molar-refractivity contribution in [2.75, 3.05) is 13.1 Å². The largest absolute Gasteiger partial charge is 0.478 e. The number of aryl methyl sites for hydroxylation is 1. The van der Waals surface area contributed by atoms with Crippen LogP contribution in [0.15, 0.2) is 18.3 Å². The molecule has 1 aromatic carbocycles. The molecule has 0 spiro atoms. The number of nitrogens with zero attached hydrogens (tertiary/aromatic N) is 1. The van der Waals surface area contributed by atoms with Crippen LogP contribution in [0.4, 0.5) is 0 Å². The van der Waals surface area contributed by atoms with Gasteiger partial charge in [-0.15, -0.1) is 0 Å². The molecule has 0 atom stereocenters. The van der Waals surface area contributed by atoms with Gasteiger partial charge in [-0.3, -0.25) is 0 Å². The molecule has 0 aliphatic heterocycles. The number of fused-ring (bicyclic) bond motifs is 1. The van der Waals surface area contributed by atoms with Crippen molar-refractivity contribution >= 4 is 16.9 Å². The molecule has 0 amide bonds. The lowest BCUT2D eigenvalue weighted by molar-refractivity contribution is 0.0698. The molecule has 5 nitrogen and oxygen atoms in total. The summed E-state index contributed by atoms with van der Waals surface area (Å²) in [6.07, 6.45) is 2.70. The molecule has 2 rings (SSSR count). The maximum Gasteiger partial charge on any atom is 0.338 e. The highest BCUT2D eigenvalue weighted by Gasteiger charge is 2.18. The molecule has 0 aliphatic rings. The summed E-state index contributed by atoms with van der Waals surface area (Å²) in [5, 5.41) is 10.4. The minimum absolute atomic E-state index is 0.356. The first-order valence-electron chi connectivity index (χ1n) is 6.35. The van der Waals surface area contributed by atoms with Crippen LogP contribution in [0.1, 0.15) is 21.5 Å². The van der Waals surface area contributed by atoms with E-state index in [-0.39, 0.29) is 0 Å². The minimum Gasteiger partial charge on any atom is -0.478 e. The standard InChI is InChI=1S/C14H19N3O2/c1-9-2-3-11-10(4-5-15)8-17(7-6-16)13(11)12(9)14(18)19/h2-3,8H,4-7,15-16H2,1H3,(H,18,19). The Labute approximate surface area is 111 Å². The molecule has 0 bridgehead atoms. The Morgan fingerprint density at radius 3 is 2.63 bits per heavy atom. The van der Waals surface area contributed by atoms with E-state index in [0.717, 1.165) is 28.5 Å². The Balaban J connectivity index is 2.78. The number of nitrogens with two attached hydrogens (primary N) is 2. The van der Waals surface area contributed by atoms with E-state index >= 15 is 0 Å². The maximum atomic E-state index is 11.5. The van der Waals surface area contributed by atoms with Gasteiger partial charge in [0.25, 0.3) is 0 Å². The average Bonchev–Trinajstić information content (AvgIpc) is 2.68. The van der Waals surface area contributed by atoms with E-state index < -0.39 is 5.97 Å². The SMILES string of the molecule is Cc1ccc2c(CCN)cn(CCN)c2c1C(=O)O. The number of benzene rings is 1. The lowest BCUT2D eigenvalue weighted by Crippen LogP contribution is -2.11. The van der Waals surface area contributed by atoms with Gasteiger partial charge in [0, 0.05) is 24.7 Å². The third kappa shape index (κ3) is 2.34. The monoisotopic (exact) mass is 261 g/mol. The number of carboxylic acids is 1. The van der Waals surface area contributed by atoms with Crippen molar-refractivity contribution < 1.29 is 9.90 Å². The Bertz CT molecular complexity index is 617. The number of hydrogen-bond donors (Lipinski definition) is 3.